The SMILES string of the molecule is CC(C)COc1ccc(C(=O)OCC(=O)N[C@@H]2CCCC[C@H]2C)cc1. The molecule has 0 aromatic heterocycles. The summed E-state index contributed by atoms with van der Waals surface area (Å²) in [5, 5.41) is 2.98. The molecule has 1 N–H and O–H groups in total. The first-order chi connectivity index (χ1) is 12.0. The molecule has 0 saturated heterocycles. The minimum Gasteiger partial charge on any atom is -0.493 e. The molecule has 0 bridgehead atoms. The summed E-state index contributed by atoms with van der Waals surface area (Å²) in [6.07, 6.45) is 4.49. The van der Waals surface area contributed by atoms with Gasteiger partial charge in [-0.1, -0.05) is 33.6 Å². The fourth-order valence-corrected chi connectivity index (χ4v) is 2.94. The largest absolute Gasteiger partial charge is 0.493 e. The van der Waals surface area contributed by atoms with Crippen LogP contribution >= 0.6 is 0 Å². The molecule has 1 aliphatic carbocycles. The minimum atomic E-state index is -0.498. The van der Waals surface area contributed by atoms with E-state index in [9.17, 15) is 9.59 Å². The number of benzene rings is 1. The van der Waals surface area contributed by atoms with E-state index in [1.54, 1.807) is 24.3 Å². The third kappa shape index (κ3) is 6.40. The number of rotatable bonds is 7. The van der Waals surface area contributed by atoms with Gasteiger partial charge in [-0.2, -0.15) is 0 Å². The molecule has 2 rings (SSSR count). The molecular formula is C20H29NO4. The van der Waals surface area contributed by atoms with Gasteiger partial charge >= 0.3 is 5.97 Å². The number of carbonyl (C=O) groups is 2. The van der Waals surface area contributed by atoms with Crippen molar-refractivity contribution >= 4 is 11.9 Å². The first kappa shape index (κ1) is 19.3. The third-order valence-corrected chi connectivity index (χ3v) is 4.47. The van der Waals surface area contributed by atoms with E-state index in [1.165, 1.54) is 6.42 Å². The van der Waals surface area contributed by atoms with Crippen molar-refractivity contribution in [1.82, 2.24) is 5.32 Å². The van der Waals surface area contributed by atoms with Crippen molar-refractivity contribution in [2.45, 2.75) is 52.5 Å². The average Bonchev–Trinajstić information content (AvgIpc) is 2.60. The predicted molar refractivity (Wildman–Crippen MR) is 96.6 cm³/mol. The first-order valence-corrected chi connectivity index (χ1v) is 9.15. The fraction of sp³-hybridized carbons (Fsp3) is 0.600. The summed E-state index contributed by atoms with van der Waals surface area (Å²) in [5.41, 5.74) is 0.413. The molecular weight excluding hydrogens is 318 g/mol. The lowest BCUT2D eigenvalue weighted by Gasteiger charge is -2.29. The van der Waals surface area contributed by atoms with Crippen molar-refractivity contribution in [3.8, 4) is 5.75 Å². The van der Waals surface area contributed by atoms with Crippen LogP contribution < -0.4 is 10.1 Å². The second-order valence-electron chi connectivity index (χ2n) is 7.24. The molecule has 25 heavy (non-hydrogen) atoms. The van der Waals surface area contributed by atoms with Crippen LogP contribution in [0.15, 0.2) is 24.3 Å². The Kier molecular flexibility index (Phi) is 7.29. The molecule has 138 valence electrons. The van der Waals surface area contributed by atoms with Gasteiger partial charge in [0.15, 0.2) is 6.61 Å². The Labute approximate surface area is 150 Å². The standard InChI is InChI=1S/C20H29NO4/c1-14(2)12-24-17-10-8-16(9-11-17)20(23)25-13-19(22)21-18-7-5-4-6-15(18)3/h8-11,14-15,18H,4-7,12-13H2,1-3H3,(H,21,22)/t15-,18-/m1/s1. The smallest absolute Gasteiger partial charge is 0.338 e. The van der Waals surface area contributed by atoms with E-state index in [0.29, 0.717) is 29.8 Å². The van der Waals surface area contributed by atoms with Gasteiger partial charge in [0.05, 0.1) is 12.2 Å². The van der Waals surface area contributed by atoms with Crippen molar-refractivity contribution in [3.63, 3.8) is 0 Å². The second-order valence-corrected chi connectivity index (χ2v) is 7.24. The third-order valence-electron chi connectivity index (χ3n) is 4.47. The molecule has 1 amide bonds. The van der Waals surface area contributed by atoms with Crippen LogP contribution in [0.25, 0.3) is 0 Å². The van der Waals surface area contributed by atoms with Gasteiger partial charge in [0, 0.05) is 6.04 Å². The summed E-state index contributed by atoms with van der Waals surface area (Å²) >= 11 is 0. The van der Waals surface area contributed by atoms with Gasteiger partial charge in [-0.05, 0) is 48.9 Å². The highest BCUT2D eigenvalue weighted by Crippen LogP contribution is 2.23. The van der Waals surface area contributed by atoms with Crippen LogP contribution in [0.1, 0.15) is 56.8 Å². The molecule has 1 fully saturated rings. The summed E-state index contributed by atoms with van der Waals surface area (Å²) in [5.74, 6) is 0.905. The molecule has 1 aromatic rings. The molecule has 1 aromatic carbocycles. The number of hydrogen-bond donors (Lipinski definition) is 1. The van der Waals surface area contributed by atoms with Crippen molar-refractivity contribution in [1.29, 1.82) is 0 Å². The average molecular weight is 347 g/mol. The van der Waals surface area contributed by atoms with E-state index >= 15 is 0 Å². The van der Waals surface area contributed by atoms with E-state index in [4.69, 9.17) is 9.47 Å². The number of amides is 1. The molecule has 5 heteroatoms. The number of hydrogen-bond acceptors (Lipinski definition) is 4. The molecule has 1 saturated carbocycles. The van der Waals surface area contributed by atoms with Gasteiger partial charge in [0.1, 0.15) is 5.75 Å². The van der Waals surface area contributed by atoms with Crippen LogP contribution in [-0.2, 0) is 9.53 Å². The van der Waals surface area contributed by atoms with Crippen LogP contribution in [0.3, 0.4) is 0 Å². The topological polar surface area (TPSA) is 64.6 Å². The van der Waals surface area contributed by atoms with Crippen molar-refractivity contribution < 1.29 is 19.1 Å². The van der Waals surface area contributed by atoms with E-state index in [1.807, 2.05) is 0 Å². The highest BCUT2D eigenvalue weighted by molar-refractivity contribution is 5.91. The lowest BCUT2D eigenvalue weighted by molar-refractivity contribution is -0.125. The summed E-state index contributed by atoms with van der Waals surface area (Å²) in [4.78, 5) is 24.0. The van der Waals surface area contributed by atoms with Crippen LogP contribution in [-0.4, -0.2) is 31.1 Å². The monoisotopic (exact) mass is 347 g/mol. The molecule has 1 aliphatic rings. The van der Waals surface area contributed by atoms with E-state index < -0.39 is 5.97 Å². The molecule has 0 aliphatic heterocycles. The summed E-state index contributed by atoms with van der Waals surface area (Å²) < 4.78 is 10.7. The van der Waals surface area contributed by atoms with Gasteiger partial charge in [-0.25, -0.2) is 4.79 Å². The maximum Gasteiger partial charge on any atom is 0.338 e. The molecule has 5 nitrogen and oxygen atoms in total. The van der Waals surface area contributed by atoms with Crippen LogP contribution in [0.2, 0.25) is 0 Å². The maximum atomic E-state index is 12.0. The highest BCUT2D eigenvalue weighted by atomic mass is 16.5. The number of esters is 1. The summed E-state index contributed by atoms with van der Waals surface area (Å²) in [6, 6.07) is 6.97. The van der Waals surface area contributed by atoms with Gasteiger partial charge in [-0.3, -0.25) is 4.79 Å². The van der Waals surface area contributed by atoms with E-state index in [0.717, 1.165) is 19.3 Å². The molecule has 0 unspecified atom stereocenters. The van der Waals surface area contributed by atoms with Crippen molar-refractivity contribution in [3.05, 3.63) is 29.8 Å². The Hall–Kier alpha value is -2.04. The van der Waals surface area contributed by atoms with Crippen LogP contribution in [0, 0.1) is 11.8 Å². The van der Waals surface area contributed by atoms with Gasteiger partial charge in [0.25, 0.3) is 5.91 Å². The first-order valence-electron chi connectivity index (χ1n) is 9.15. The molecule has 0 heterocycles. The molecule has 0 radical (unpaired) electrons. The Morgan fingerprint density at radius 2 is 1.84 bits per heavy atom. The minimum absolute atomic E-state index is 0.192. The van der Waals surface area contributed by atoms with Gasteiger partial charge in [0.2, 0.25) is 0 Å². The van der Waals surface area contributed by atoms with Crippen molar-refractivity contribution in [2.24, 2.45) is 11.8 Å². The quantitative estimate of drug-likeness (QED) is 0.766. The van der Waals surface area contributed by atoms with Crippen molar-refractivity contribution in [2.75, 3.05) is 13.2 Å². The Balaban J connectivity index is 1.76. The Morgan fingerprint density at radius 1 is 1.16 bits per heavy atom. The Bertz CT molecular complexity index is 568. The fourth-order valence-electron chi connectivity index (χ4n) is 2.94. The number of carbonyl (C=O) groups excluding carboxylic acids is 2. The van der Waals surface area contributed by atoms with Gasteiger partial charge < -0.3 is 14.8 Å². The normalized spacial score (nSPS) is 20.2. The highest BCUT2D eigenvalue weighted by Gasteiger charge is 2.23. The second kappa shape index (κ2) is 9.44. The predicted octanol–water partition coefficient (Wildman–Crippen LogP) is 3.57. The number of ether oxygens (including phenoxy) is 2. The Morgan fingerprint density at radius 3 is 2.48 bits per heavy atom. The lowest BCUT2D eigenvalue weighted by atomic mass is 9.86. The zero-order valence-corrected chi connectivity index (χ0v) is 15.4. The molecule has 0 spiro atoms. The van der Waals surface area contributed by atoms with Crippen LogP contribution in [0.5, 0.6) is 5.75 Å². The van der Waals surface area contributed by atoms with E-state index in [2.05, 4.69) is 26.1 Å². The van der Waals surface area contributed by atoms with E-state index in [-0.39, 0.29) is 18.6 Å². The molecule has 2 atom stereocenters. The zero-order chi connectivity index (χ0) is 18.2. The number of nitrogens with one attached hydrogen (secondary N) is 1. The van der Waals surface area contributed by atoms with Gasteiger partial charge in [-0.15, -0.1) is 0 Å². The summed E-state index contributed by atoms with van der Waals surface area (Å²) in [7, 11) is 0. The summed E-state index contributed by atoms with van der Waals surface area (Å²) in [6.45, 7) is 6.69. The zero-order valence-electron chi connectivity index (χ0n) is 15.4. The lowest BCUT2D eigenvalue weighted by Crippen LogP contribution is -2.42. The van der Waals surface area contributed by atoms with Crippen LogP contribution in [0.4, 0.5) is 0 Å². The maximum absolute atomic E-state index is 12.0.